The van der Waals surface area contributed by atoms with Crippen molar-refractivity contribution in [1.29, 1.82) is 0 Å². The number of nitrogens with zero attached hydrogens (tertiary/aromatic N) is 2. The largest absolute Gasteiger partial charge is 0.496 e. The predicted molar refractivity (Wildman–Crippen MR) is 98.8 cm³/mol. The van der Waals surface area contributed by atoms with Gasteiger partial charge in [-0.1, -0.05) is 12.1 Å². The molecule has 138 valence electrons. The summed E-state index contributed by atoms with van der Waals surface area (Å²) in [6, 6.07) is 10.2. The van der Waals surface area contributed by atoms with Crippen molar-refractivity contribution in [2.75, 3.05) is 45.3 Å². The number of para-hydroxylation sites is 1. The Morgan fingerprint density at radius 1 is 1.00 bits per heavy atom. The molecule has 0 spiro atoms. The van der Waals surface area contributed by atoms with Gasteiger partial charge in [0, 0.05) is 37.3 Å². The van der Waals surface area contributed by atoms with Gasteiger partial charge in [0.2, 0.25) is 0 Å². The summed E-state index contributed by atoms with van der Waals surface area (Å²) in [5, 5.41) is 0. The average molecular weight is 358 g/mol. The van der Waals surface area contributed by atoms with Gasteiger partial charge < -0.3 is 19.3 Å². The van der Waals surface area contributed by atoms with Gasteiger partial charge in [0.15, 0.2) is 0 Å². The van der Waals surface area contributed by atoms with Crippen LogP contribution in [0.1, 0.15) is 15.9 Å². The van der Waals surface area contributed by atoms with Gasteiger partial charge >= 0.3 is 0 Å². The number of benzene rings is 2. The molecule has 0 N–H and O–H groups in total. The molecule has 0 atom stereocenters. The maximum atomic E-state index is 13.9. The molecule has 2 aromatic rings. The Bertz CT molecular complexity index is 776. The molecule has 0 unspecified atom stereocenters. The Balaban J connectivity index is 1.74. The third-order valence-electron chi connectivity index (χ3n) is 4.76. The van der Waals surface area contributed by atoms with E-state index in [2.05, 4.69) is 0 Å². The molecular weight excluding hydrogens is 335 g/mol. The standard InChI is InChI=1S/C20H23FN2O3/c1-14-18(25-2)12-15(13-19(14)26-3)20(24)23-10-8-22(9-11-23)17-7-5-4-6-16(17)21/h4-7,12-13H,8-11H2,1-3H3. The first-order valence-electron chi connectivity index (χ1n) is 8.56. The molecule has 1 amide bonds. The highest BCUT2D eigenvalue weighted by molar-refractivity contribution is 5.95. The summed E-state index contributed by atoms with van der Waals surface area (Å²) in [7, 11) is 3.15. The molecule has 5 nitrogen and oxygen atoms in total. The van der Waals surface area contributed by atoms with Crippen LogP contribution in [0.3, 0.4) is 0 Å². The van der Waals surface area contributed by atoms with Crippen molar-refractivity contribution in [2.24, 2.45) is 0 Å². The van der Waals surface area contributed by atoms with Crippen molar-refractivity contribution in [3.05, 3.63) is 53.3 Å². The number of ether oxygens (including phenoxy) is 2. The van der Waals surface area contributed by atoms with Crippen LogP contribution in [0, 0.1) is 12.7 Å². The lowest BCUT2D eigenvalue weighted by molar-refractivity contribution is 0.0746. The van der Waals surface area contributed by atoms with Gasteiger partial charge in [-0.15, -0.1) is 0 Å². The molecule has 1 fully saturated rings. The molecule has 0 bridgehead atoms. The first-order chi connectivity index (χ1) is 12.5. The van der Waals surface area contributed by atoms with Gasteiger partial charge in [-0.3, -0.25) is 4.79 Å². The van der Waals surface area contributed by atoms with Gasteiger partial charge in [0.1, 0.15) is 17.3 Å². The van der Waals surface area contributed by atoms with E-state index in [1.54, 1.807) is 43.4 Å². The number of hydrogen-bond donors (Lipinski definition) is 0. The minimum atomic E-state index is -0.236. The van der Waals surface area contributed by atoms with Crippen molar-refractivity contribution in [3.8, 4) is 11.5 Å². The van der Waals surface area contributed by atoms with E-state index in [9.17, 15) is 9.18 Å². The number of carbonyl (C=O) groups excluding carboxylic acids is 1. The van der Waals surface area contributed by atoms with Crippen LogP contribution in [-0.4, -0.2) is 51.2 Å². The minimum Gasteiger partial charge on any atom is -0.496 e. The van der Waals surface area contributed by atoms with Crippen LogP contribution < -0.4 is 14.4 Å². The molecule has 3 rings (SSSR count). The van der Waals surface area contributed by atoms with Gasteiger partial charge in [-0.2, -0.15) is 0 Å². The van der Waals surface area contributed by atoms with E-state index in [1.807, 2.05) is 17.9 Å². The highest BCUT2D eigenvalue weighted by Gasteiger charge is 2.24. The van der Waals surface area contributed by atoms with Crippen molar-refractivity contribution in [2.45, 2.75) is 6.92 Å². The Morgan fingerprint density at radius 2 is 1.58 bits per heavy atom. The molecule has 26 heavy (non-hydrogen) atoms. The number of rotatable bonds is 4. The summed E-state index contributed by atoms with van der Waals surface area (Å²) in [4.78, 5) is 16.6. The smallest absolute Gasteiger partial charge is 0.254 e. The van der Waals surface area contributed by atoms with E-state index in [-0.39, 0.29) is 11.7 Å². The van der Waals surface area contributed by atoms with Crippen LogP contribution >= 0.6 is 0 Å². The summed E-state index contributed by atoms with van der Waals surface area (Å²) in [5.74, 6) is 0.936. The maximum absolute atomic E-state index is 13.9. The zero-order chi connectivity index (χ0) is 18.7. The van der Waals surface area contributed by atoms with Crippen LogP contribution in [0.15, 0.2) is 36.4 Å². The quantitative estimate of drug-likeness (QED) is 0.842. The zero-order valence-electron chi connectivity index (χ0n) is 15.3. The lowest BCUT2D eigenvalue weighted by Gasteiger charge is -2.36. The van der Waals surface area contributed by atoms with Crippen LogP contribution in [0.4, 0.5) is 10.1 Å². The van der Waals surface area contributed by atoms with Crippen molar-refractivity contribution in [3.63, 3.8) is 0 Å². The second-order valence-electron chi connectivity index (χ2n) is 6.24. The molecule has 0 radical (unpaired) electrons. The summed E-state index contributed by atoms with van der Waals surface area (Å²) in [6.45, 7) is 4.13. The zero-order valence-corrected chi connectivity index (χ0v) is 15.3. The Hall–Kier alpha value is -2.76. The molecule has 6 heteroatoms. The lowest BCUT2D eigenvalue weighted by atomic mass is 10.1. The second-order valence-corrected chi connectivity index (χ2v) is 6.24. The second kappa shape index (κ2) is 7.64. The Kier molecular flexibility index (Phi) is 5.30. The summed E-state index contributed by atoms with van der Waals surface area (Å²) in [5.41, 5.74) is 1.97. The molecule has 0 saturated carbocycles. The van der Waals surface area contributed by atoms with E-state index in [0.29, 0.717) is 48.9 Å². The number of piperazine rings is 1. The van der Waals surface area contributed by atoms with E-state index in [1.165, 1.54) is 6.07 Å². The van der Waals surface area contributed by atoms with Gasteiger partial charge in [0.05, 0.1) is 19.9 Å². The van der Waals surface area contributed by atoms with Gasteiger partial charge in [-0.25, -0.2) is 4.39 Å². The molecule has 1 aliphatic rings. The molecule has 0 aliphatic carbocycles. The van der Waals surface area contributed by atoms with E-state index < -0.39 is 0 Å². The number of anilines is 1. The average Bonchev–Trinajstić information content (AvgIpc) is 2.68. The van der Waals surface area contributed by atoms with Crippen LogP contribution in [-0.2, 0) is 0 Å². The summed E-state index contributed by atoms with van der Waals surface area (Å²) in [6.07, 6.45) is 0. The van der Waals surface area contributed by atoms with Crippen LogP contribution in [0.5, 0.6) is 11.5 Å². The SMILES string of the molecule is COc1cc(C(=O)N2CCN(c3ccccc3F)CC2)cc(OC)c1C. The Labute approximate surface area is 152 Å². The topological polar surface area (TPSA) is 42.0 Å². The highest BCUT2D eigenvalue weighted by Crippen LogP contribution is 2.30. The molecule has 1 aliphatic heterocycles. The number of methoxy groups -OCH3 is 2. The third-order valence-corrected chi connectivity index (χ3v) is 4.76. The molecule has 1 heterocycles. The van der Waals surface area contributed by atoms with Crippen molar-refractivity contribution in [1.82, 2.24) is 4.90 Å². The predicted octanol–water partition coefficient (Wildman–Crippen LogP) is 3.11. The first kappa shape index (κ1) is 18.0. The molecular formula is C20H23FN2O3. The monoisotopic (exact) mass is 358 g/mol. The number of halogens is 1. The van der Waals surface area contributed by atoms with E-state index >= 15 is 0 Å². The fourth-order valence-electron chi connectivity index (χ4n) is 3.25. The van der Waals surface area contributed by atoms with E-state index in [4.69, 9.17) is 9.47 Å². The maximum Gasteiger partial charge on any atom is 0.254 e. The highest BCUT2D eigenvalue weighted by atomic mass is 19.1. The number of amides is 1. The minimum absolute atomic E-state index is 0.0743. The Morgan fingerprint density at radius 3 is 2.12 bits per heavy atom. The fourth-order valence-corrected chi connectivity index (χ4v) is 3.25. The van der Waals surface area contributed by atoms with Crippen molar-refractivity contribution < 1.29 is 18.7 Å². The first-order valence-corrected chi connectivity index (χ1v) is 8.56. The van der Waals surface area contributed by atoms with E-state index in [0.717, 1.165) is 5.56 Å². The number of hydrogen-bond acceptors (Lipinski definition) is 4. The third kappa shape index (κ3) is 3.45. The van der Waals surface area contributed by atoms with Crippen LogP contribution in [0.2, 0.25) is 0 Å². The molecule has 1 saturated heterocycles. The van der Waals surface area contributed by atoms with Gasteiger partial charge in [0.25, 0.3) is 5.91 Å². The number of carbonyl (C=O) groups is 1. The molecule has 2 aromatic carbocycles. The lowest BCUT2D eigenvalue weighted by Crippen LogP contribution is -2.49. The summed E-state index contributed by atoms with van der Waals surface area (Å²) < 4.78 is 24.7. The van der Waals surface area contributed by atoms with Gasteiger partial charge in [-0.05, 0) is 31.2 Å². The normalized spacial score (nSPS) is 14.3. The van der Waals surface area contributed by atoms with Crippen molar-refractivity contribution >= 4 is 11.6 Å². The molecule has 0 aromatic heterocycles. The summed E-state index contributed by atoms with van der Waals surface area (Å²) >= 11 is 0. The van der Waals surface area contributed by atoms with Crippen LogP contribution in [0.25, 0.3) is 0 Å². The fraction of sp³-hybridized carbons (Fsp3) is 0.350.